The molecule has 2 bridgehead atoms. The fourth-order valence-corrected chi connectivity index (χ4v) is 5.44. The van der Waals surface area contributed by atoms with Gasteiger partial charge in [-0.3, -0.25) is 14.5 Å². The Bertz CT molecular complexity index is 751. The van der Waals surface area contributed by atoms with Gasteiger partial charge in [0.2, 0.25) is 5.91 Å². The van der Waals surface area contributed by atoms with E-state index in [-0.39, 0.29) is 28.7 Å². The normalized spacial score (nSPS) is 30.7. The van der Waals surface area contributed by atoms with E-state index < -0.39 is 17.7 Å². The van der Waals surface area contributed by atoms with Crippen molar-refractivity contribution >= 4 is 23.5 Å². The highest BCUT2D eigenvalue weighted by molar-refractivity contribution is 6.30. The van der Waals surface area contributed by atoms with Crippen LogP contribution in [0.3, 0.4) is 0 Å². The van der Waals surface area contributed by atoms with Crippen LogP contribution in [0.4, 0.5) is 4.39 Å². The Kier molecular flexibility index (Phi) is 5.12. The van der Waals surface area contributed by atoms with E-state index in [9.17, 15) is 19.1 Å². The number of piperazine rings is 1. The summed E-state index contributed by atoms with van der Waals surface area (Å²) < 4.78 is 13.3. The molecule has 1 N–H and O–H groups in total. The lowest BCUT2D eigenvalue weighted by Gasteiger charge is -2.38. The summed E-state index contributed by atoms with van der Waals surface area (Å²) in [6.45, 7) is 3.31. The van der Waals surface area contributed by atoms with Gasteiger partial charge in [-0.25, -0.2) is 4.39 Å². The van der Waals surface area contributed by atoms with E-state index in [1.165, 1.54) is 6.07 Å². The first kappa shape index (κ1) is 18.7. The quantitative estimate of drug-likeness (QED) is 0.853. The fourth-order valence-electron chi connectivity index (χ4n) is 5.24. The Morgan fingerprint density at radius 2 is 1.78 bits per heavy atom. The zero-order chi connectivity index (χ0) is 19.1. The molecule has 1 aliphatic heterocycles. The van der Waals surface area contributed by atoms with E-state index in [1.54, 1.807) is 12.1 Å². The van der Waals surface area contributed by atoms with E-state index >= 15 is 0 Å². The zero-order valence-corrected chi connectivity index (χ0v) is 15.9. The summed E-state index contributed by atoms with van der Waals surface area (Å²) in [7, 11) is 0. The highest BCUT2D eigenvalue weighted by atomic mass is 35.5. The molecule has 146 valence electrons. The number of amides is 1. The number of carbonyl (C=O) groups is 2. The SMILES string of the molecule is O=C(O)[C@H]1[C@H]2CC[C@H](C2)[C@@H]1C(=O)N1CCN(Cc2ccc(F)c(Cl)c2)CC1. The predicted octanol–water partition coefficient (Wildman–Crippen LogP) is 2.87. The van der Waals surface area contributed by atoms with Crippen LogP contribution in [0.2, 0.25) is 5.02 Å². The smallest absolute Gasteiger partial charge is 0.307 e. The molecule has 5 nitrogen and oxygen atoms in total. The minimum atomic E-state index is -0.813. The molecule has 27 heavy (non-hydrogen) atoms. The lowest BCUT2D eigenvalue weighted by atomic mass is 9.78. The molecule has 7 heteroatoms. The van der Waals surface area contributed by atoms with Crippen molar-refractivity contribution in [1.29, 1.82) is 0 Å². The molecule has 1 saturated heterocycles. The van der Waals surface area contributed by atoms with Gasteiger partial charge in [0.1, 0.15) is 5.82 Å². The molecule has 4 atom stereocenters. The number of benzene rings is 1. The monoisotopic (exact) mass is 394 g/mol. The number of hydrogen-bond acceptors (Lipinski definition) is 3. The van der Waals surface area contributed by atoms with Crippen molar-refractivity contribution in [2.45, 2.75) is 25.8 Å². The third-order valence-corrected chi connectivity index (χ3v) is 6.85. The van der Waals surface area contributed by atoms with Gasteiger partial charge in [-0.05, 0) is 48.8 Å². The third kappa shape index (κ3) is 3.57. The van der Waals surface area contributed by atoms with Gasteiger partial charge in [-0.1, -0.05) is 17.7 Å². The third-order valence-electron chi connectivity index (χ3n) is 6.56. The summed E-state index contributed by atoms with van der Waals surface area (Å²) in [5.41, 5.74) is 0.945. The molecule has 3 fully saturated rings. The first-order valence-corrected chi connectivity index (χ1v) is 9.99. The summed E-state index contributed by atoms with van der Waals surface area (Å²) in [5, 5.41) is 9.71. The van der Waals surface area contributed by atoms with Crippen molar-refractivity contribution in [3.63, 3.8) is 0 Å². The Balaban J connectivity index is 1.35. The molecule has 0 radical (unpaired) electrons. The second-order valence-electron chi connectivity index (χ2n) is 8.07. The number of hydrogen-bond donors (Lipinski definition) is 1. The van der Waals surface area contributed by atoms with Gasteiger partial charge in [-0.15, -0.1) is 0 Å². The number of rotatable bonds is 4. The standard InChI is InChI=1S/C20H24ClFN2O3/c21-15-9-12(1-4-16(15)22)11-23-5-7-24(8-6-23)19(25)17-13-2-3-14(10-13)18(17)20(26)27/h1,4,9,13-14,17-18H,2-3,5-8,10-11H2,(H,26,27)/t13-,14+,17+,18+/m1/s1. The van der Waals surface area contributed by atoms with Crippen LogP contribution < -0.4 is 0 Å². The van der Waals surface area contributed by atoms with Crippen molar-refractivity contribution in [2.75, 3.05) is 26.2 Å². The van der Waals surface area contributed by atoms with E-state index in [2.05, 4.69) is 4.90 Å². The highest BCUT2D eigenvalue weighted by Gasteiger charge is 2.54. The van der Waals surface area contributed by atoms with Crippen LogP contribution in [0.25, 0.3) is 0 Å². The van der Waals surface area contributed by atoms with Crippen LogP contribution in [-0.2, 0) is 16.1 Å². The van der Waals surface area contributed by atoms with Gasteiger partial charge in [0.05, 0.1) is 16.9 Å². The second kappa shape index (κ2) is 7.40. The molecule has 0 spiro atoms. The van der Waals surface area contributed by atoms with Crippen LogP contribution in [-0.4, -0.2) is 53.0 Å². The van der Waals surface area contributed by atoms with Crippen molar-refractivity contribution in [3.05, 3.63) is 34.6 Å². The molecule has 0 unspecified atom stereocenters. The van der Waals surface area contributed by atoms with Crippen LogP contribution in [0.15, 0.2) is 18.2 Å². The molecule has 0 aromatic heterocycles. The average molecular weight is 395 g/mol. The molecule has 2 aliphatic carbocycles. The summed E-state index contributed by atoms with van der Waals surface area (Å²) in [4.78, 5) is 28.8. The van der Waals surface area contributed by atoms with E-state index in [4.69, 9.17) is 11.6 Å². The molecule has 4 rings (SSSR count). The van der Waals surface area contributed by atoms with Crippen molar-refractivity contribution in [3.8, 4) is 0 Å². The van der Waals surface area contributed by atoms with Gasteiger partial charge in [-0.2, -0.15) is 0 Å². The number of carboxylic acid groups (broad SMARTS) is 1. The summed E-state index contributed by atoms with van der Waals surface area (Å²) in [6, 6.07) is 4.74. The number of carboxylic acids is 1. The number of aliphatic carboxylic acids is 1. The van der Waals surface area contributed by atoms with Crippen LogP contribution in [0.1, 0.15) is 24.8 Å². The van der Waals surface area contributed by atoms with Crippen LogP contribution in [0.5, 0.6) is 0 Å². The summed E-state index contributed by atoms with van der Waals surface area (Å²) >= 11 is 5.84. The van der Waals surface area contributed by atoms with Crippen LogP contribution >= 0.6 is 11.6 Å². The van der Waals surface area contributed by atoms with Crippen LogP contribution in [0, 0.1) is 29.5 Å². The Morgan fingerprint density at radius 1 is 1.11 bits per heavy atom. The highest BCUT2D eigenvalue weighted by Crippen LogP contribution is 2.53. The second-order valence-corrected chi connectivity index (χ2v) is 8.48. The van der Waals surface area contributed by atoms with Gasteiger partial charge in [0.15, 0.2) is 0 Å². The largest absolute Gasteiger partial charge is 0.481 e. The predicted molar refractivity (Wildman–Crippen MR) is 98.7 cm³/mol. The number of fused-ring (bicyclic) bond motifs is 2. The first-order valence-electron chi connectivity index (χ1n) is 9.62. The van der Waals surface area contributed by atoms with E-state index in [1.807, 2.05) is 4.90 Å². The first-order chi connectivity index (χ1) is 12.9. The van der Waals surface area contributed by atoms with Crippen molar-refractivity contribution in [2.24, 2.45) is 23.7 Å². The van der Waals surface area contributed by atoms with Crippen molar-refractivity contribution < 1.29 is 19.1 Å². The maximum atomic E-state index is 13.3. The van der Waals surface area contributed by atoms with E-state index in [0.717, 1.165) is 37.9 Å². The number of halogens is 2. The minimum Gasteiger partial charge on any atom is -0.481 e. The van der Waals surface area contributed by atoms with E-state index in [0.29, 0.717) is 19.6 Å². The van der Waals surface area contributed by atoms with Gasteiger partial charge in [0, 0.05) is 32.7 Å². The molecule has 1 heterocycles. The maximum Gasteiger partial charge on any atom is 0.307 e. The number of nitrogens with zero attached hydrogens (tertiary/aromatic N) is 2. The fraction of sp³-hybridized carbons (Fsp3) is 0.600. The van der Waals surface area contributed by atoms with Crippen molar-refractivity contribution in [1.82, 2.24) is 9.80 Å². The Morgan fingerprint density at radius 3 is 2.41 bits per heavy atom. The minimum absolute atomic E-state index is 0.0269. The van der Waals surface area contributed by atoms with Gasteiger partial charge in [0.25, 0.3) is 0 Å². The molecular formula is C20H24ClFN2O3. The lowest BCUT2D eigenvalue weighted by Crippen LogP contribution is -2.52. The maximum absolute atomic E-state index is 13.3. The summed E-state index contributed by atoms with van der Waals surface area (Å²) in [5.74, 6) is -1.64. The van der Waals surface area contributed by atoms with Gasteiger partial charge < -0.3 is 10.0 Å². The topological polar surface area (TPSA) is 60.9 Å². The molecule has 1 aromatic carbocycles. The molecule has 1 amide bonds. The summed E-state index contributed by atoms with van der Waals surface area (Å²) in [6.07, 6.45) is 2.81. The Labute approximate surface area is 163 Å². The Hall–Kier alpha value is -1.66. The molecular weight excluding hydrogens is 371 g/mol. The average Bonchev–Trinajstić information content (AvgIpc) is 3.26. The zero-order valence-electron chi connectivity index (χ0n) is 15.1. The molecule has 2 saturated carbocycles. The molecule has 1 aromatic rings. The number of carbonyl (C=O) groups excluding carboxylic acids is 1. The molecule has 3 aliphatic rings. The lowest BCUT2D eigenvalue weighted by molar-refractivity contribution is -0.153. The van der Waals surface area contributed by atoms with Gasteiger partial charge >= 0.3 is 5.97 Å².